The minimum atomic E-state index is -0.452. The Hall–Kier alpha value is -2.04. The molecule has 1 amide bonds. The zero-order valence-corrected chi connectivity index (χ0v) is 15.7. The van der Waals surface area contributed by atoms with E-state index in [1.54, 1.807) is 11.8 Å². The number of carbonyl (C=O) groups is 2. The lowest BCUT2D eigenvalue weighted by atomic mass is 9.86. The molecule has 0 aromatic heterocycles. The molecule has 0 saturated carbocycles. The van der Waals surface area contributed by atoms with Gasteiger partial charge in [-0.25, -0.2) is 0 Å². The molecule has 1 unspecified atom stereocenters. The Balaban J connectivity index is 1.86. The molecule has 2 rings (SSSR count). The van der Waals surface area contributed by atoms with Crippen molar-refractivity contribution in [1.29, 1.82) is 0 Å². The van der Waals surface area contributed by atoms with Crippen molar-refractivity contribution in [2.75, 3.05) is 26.3 Å². The molecule has 5 nitrogen and oxygen atoms in total. The largest absolute Gasteiger partial charge is 0.493 e. The Labute approximate surface area is 150 Å². The van der Waals surface area contributed by atoms with Crippen LogP contribution in [-0.4, -0.2) is 43.1 Å². The number of ether oxygens (including phenoxy) is 2. The topological polar surface area (TPSA) is 55.8 Å². The van der Waals surface area contributed by atoms with Crippen LogP contribution < -0.4 is 4.74 Å². The van der Waals surface area contributed by atoms with Gasteiger partial charge in [0.15, 0.2) is 0 Å². The average molecular weight is 347 g/mol. The molecule has 0 radical (unpaired) electrons. The normalized spacial score (nSPS) is 17.4. The highest BCUT2D eigenvalue weighted by molar-refractivity contribution is 5.94. The SMILES string of the molecule is CCOC(=O)CC(=O)N1CCC(COc2ccccc2C(C)(C)C)C1. The third-order valence-electron chi connectivity index (χ3n) is 4.41. The highest BCUT2D eigenvalue weighted by Crippen LogP contribution is 2.31. The predicted molar refractivity (Wildman–Crippen MR) is 96.6 cm³/mol. The first-order valence-corrected chi connectivity index (χ1v) is 8.97. The minimum Gasteiger partial charge on any atom is -0.493 e. The summed E-state index contributed by atoms with van der Waals surface area (Å²) in [6.45, 7) is 10.4. The van der Waals surface area contributed by atoms with Crippen molar-refractivity contribution in [2.24, 2.45) is 5.92 Å². The first-order chi connectivity index (χ1) is 11.8. The molecule has 1 heterocycles. The van der Waals surface area contributed by atoms with Gasteiger partial charge in [-0.1, -0.05) is 39.0 Å². The van der Waals surface area contributed by atoms with Gasteiger partial charge in [0.1, 0.15) is 12.2 Å². The van der Waals surface area contributed by atoms with Crippen molar-refractivity contribution in [3.8, 4) is 5.75 Å². The summed E-state index contributed by atoms with van der Waals surface area (Å²) >= 11 is 0. The molecular formula is C20H29NO4. The second-order valence-electron chi connectivity index (χ2n) is 7.53. The number of carbonyl (C=O) groups excluding carboxylic acids is 2. The Morgan fingerprint density at radius 1 is 1.24 bits per heavy atom. The summed E-state index contributed by atoms with van der Waals surface area (Å²) in [6.07, 6.45) is 0.723. The van der Waals surface area contributed by atoms with Crippen molar-refractivity contribution < 1.29 is 19.1 Å². The summed E-state index contributed by atoms with van der Waals surface area (Å²) in [6, 6.07) is 8.10. The molecule has 1 aliphatic rings. The van der Waals surface area contributed by atoms with E-state index in [4.69, 9.17) is 9.47 Å². The smallest absolute Gasteiger partial charge is 0.315 e. The number of amides is 1. The maximum Gasteiger partial charge on any atom is 0.315 e. The number of likely N-dealkylation sites (tertiary alicyclic amines) is 1. The molecule has 0 spiro atoms. The second kappa shape index (κ2) is 8.37. The molecule has 5 heteroatoms. The fourth-order valence-electron chi connectivity index (χ4n) is 3.06. The zero-order valence-electron chi connectivity index (χ0n) is 15.7. The number of benzene rings is 1. The zero-order chi connectivity index (χ0) is 18.4. The van der Waals surface area contributed by atoms with Gasteiger partial charge < -0.3 is 14.4 Å². The van der Waals surface area contributed by atoms with Gasteiger partial charge in [-0.3, -0.25) is 9.59 Å². The molecule has 0 aliphatic carbocycles. The fraction of sp³-hybridized carbons (Fsp3) is 0.600. The number of nitrogens with zero attached hydrogens (tertiary/aromatic N) is 1. The average Bonchev–Trinajstić information content (AvgIpc) is 3.01. The van der Waals surface area contributed by atoms with E-state index >= 15 is 0 Å². The molecule has 138 valence electrons. The Morgan fingerprint density at radius 2 is 1.96 bits per heavy atom. The third-order valence-corrected chi connectivity index (χ3v) is 4.41. The number of rotatable bonds is 6. The maximum atomic E-state index is 12.1. The number of esters is 1. The molecule has 1 saturated heterocycles. The summed E-state index contributed by atoms with van der Waals surface area (Å²) in [5, 5.41) is 0. The summed E-state index contributed by atoms with van der Waals surface area (Å²) in [5.41, 5.74) is 1.21. The second-order valence-corrected chi connectivity index (χ2v) is 7.53. The highest BCUT2D eigenvalue weighted by atomic mass is 16.5. The molecule has 1 aromatic rings. The van der Waals surface area contributed by atoms with Gasteiger partial charge in [-0.2, -0.15) is 0 Å². The van der Waals surface area contributed by atoms with Crippen LogP contribution in [0.5, 0.6) is 5.75 Å². The maximum absolute atomic E-state index is 12.1. The summed E-state index contributed by atoms with van der Waals surface area (Å²) in [4.78, 5) is 25.3. The van der Waals surface area contributed by atoms with Gasteiger partial charge in [0.2, 0.25) is 5.91 Å². The first kappa shape index (κ1) is 19.3. The molecule has 25 heavy (non-hydrogen) atoms. The molecule has 1 fully saturated rings. The van der Waals surface area contributed by atoms with Gasteiger partial charge in [-0.05, 0) is 30.4 Å². The van der Waals surface area contributed by atoms with Gasteiger partial charge in [0, 0.05) is 19.0 Å². The Morgan fingerprint density at radius 3 is 2.64 bits per heavy atom. The predicted octanol–water partition coefficient (Wildman–Crippen LogP) is 3.16. The van der Waals surface area contributed by atoms with E-state index in [1.807, 2.05) is 18.2 Å². The summed E-state index contributed by atoms with van der Waals surface area (Å²) in [5.74, 6) is 0.591. The van der Waals surface area contributed by atoms with Gasteiger partial charge >= 0.3 is 5.97 Å². The number of hydrogen-bond donors (Lipinski definition) is 0. The lowest BCUT2D eigenvalue weighted by Crippen LogP contribution is -2.31. The summed E-state index contributed by atoms with van der Waals surface area (Å²) in [7, 11) is 0. The number of para-hydroxylation sites is 1. The van der Waals surface area contributed by atoms with Gasteiger partial charge in [0.25, 0.3) is 0 Å². The van der Waals surface area contributed by atoms with Crippen molar-refractivity contribution in [3.05, 3.63) is 29.8 Å². The van der Waals surface area contributed by atoms with Gasteiger partial charge in [0.05, 0.1) is 13.2 Å². The summed E-state index contributed by atoms with van der Waals surface area (Å²) < 4.78 is 10.9. The Kier molecular flexibility index (Phi) is 6.45. The van der Waals surface area contributed by atoms with Crippen LogP contribution in [0, 0.1) is 5.92 Å². The highest BCUT2D eigenvalue weighted by Gasteiger charge is 2.28. The van der Waals surface area contributed by atoms with Gasteiger partial charge in [-0.15, -0.1) is 0 Å². The van der Waals surface area contributed by atoms with Crippen LogP contribution in [0.4, 0.5) is 0 Å². The van der Waals surface area contributed by atoms with E-state index in [-0.39, 0.29) is 17.7 Å². The van der Waals surface area contributed by atoms with Crippen molar-refractivity contribution in [2.45, 2.75) is 46.0 Å². The van der Waals surface area contributed by atoms with Crippen LogP contribution in [0.1, 0.15) is 46.1 Å². The van der Waals surface area contributed by atoms with Crippen LogP contribution >= 0.6 is 0 Å². The monoisotopic (exact) mass is 347 g/mol. The lowest BCUT2D eigenvalue weighted by molar-refractivity contribution is -0.148. The minimum absolute atomic E-state index is 0.0217. The Bertz CT molecular complexity index is 606. The van der Waals surface area contributed by atoms with E-state index in [0.29, 0.717) is 32.2 Å². The molecule has 0 bridgehead atoms. The van der Waals surface area contributed by atoms with Crippen molar-refractivity contribution >= 4 is 11.9 Å². The fourth-order valence-corrected chi connectivity index (χ4v) is 3.06. The van der Waals surface area contributed by atoms with E-state index < -0.39 is 5.97 Å². The van der Waals surface area contributed by atoms with Crippen LogP contribution in [0.25, 0.3) is 0 Å². The van der Waals surface area contributed by atoms with E-state index in [9.17, 15) is 9.59 Å². The number of hydrogen-bond acceptors (Lipinski definition) is 4. The van der Waals surface area contributed by atoms with E-state index in [1.165, 1.54) is 5.56 Å². The van der Waals surface area contributed by atoms with E-state index in [2.05, 4.69) is 26.8 Å². The molecular weight excluding hydrogens is 318 g/mol. The lowest BCUT2D eigenvalue weighted by Gasteiger charge is -2.23. The van der Waals surface area contributed by atoms with Crippen LogP contribution in [0.15, 0.2) is 24.3 Å². The van der Waals surface area contributed by atoms with Crippen molar-refractivity contribution in [3.63, 3.8) is 0 Å². The molecule has 0 N–H and O–H groups in total. The van der Waals surface area contributed by atoms with Crippen LogP contribution in [0.2, 0.25) is 0 Å². The molecule has 1 aromatic carbocycles. The van der Waals surface area contributed by atoms with Crippen LogP contribution in [-0.2, 0) is 19.7 Å². The standard InChI is InChI=1S/C20H29NO4/c1-5-24-19(23)12-18(22)21-11-10-15(13-21)14-25-17-9-7-6-8-16(17)20(2,3)4/h6-9,15H,5,10-14H2,1-4H3. The third kappa shape index (κ3) is 5.48. The molecule has 1 atom stereocenters. The first-order valence-electron chi connectivity index (χ1n) is 8.97. The van der Waals surface area contributed by atoms with E-state index in [0.717, 1.165) is 12.2 Å². The molecule has 1 aliphatic heterocycles. The van der Waals surface area contributed by atoms with Crippen molar-refractivity contribution in [1.82, 2.24) is 4.90 Å². The quantitative estimate of drug-likeness (QED) is 0.586. The van der Waals surface area contributed by atoms with Crippen LogP contribution in [0.3, 0.4) is 0 Å².